The minimum absolute atomic E-state index is 0.0486. The second-order valence-corrected chi connectivity index (χ2v) is 3.92. The minimum Gasteiger partial charge on any atom is -0.358 e. The molecule has 0 saturated heterocycles. The molecule has 1 rings (SSSR count). The number of H-pyrrole nitrogens is 1. The molecule has 0 aliphatic heterocycles. The van der Waals surface area contributed by atoms with Gasteiger partial charge in [0.1, 0.15) is 0 Å². The molecule has 3 N–H and O–H groups in total. The van der Waals surface area contributed by atoms with Crippen LogP contribution >= 0.6 is 0 Å². The summed E-state index contributed by atoms with van der Waals surface area (Å²) in [6.07, 6.45) is 1.06. The van der Waals surface area contributed by atoms with E-state index in [0.717, 1.165) is 6.20 Å². The van der Waals surface area contributed by atoms with E-state index in [9.17, 15) is 18.5 Å². The first-order valence-electron chi connectivity index (χ1n) is 3.07. The van der Waals surface area contributed by atoms with E-state index in [-0.39, 0.29) is 5.56 Å². The third-order valence-electron chi connectivity index (χ3n) is 1.23. The zero-order valence-corrected chi connectivity index (χ0v) is 7.11. The van der Waals surface area contributed by atoms with Crippen molar-refractivity contribution in [3.63, 3.8) is 0 Å². The maximum absolute atomic E-state index is 10.6. The monoisotopic (exact) mass is 206 g/mol. The molecule has 0 saturated carbocycles. The largest absolute Gasteiger partial charge is 0.358 e. The standard InChI is InChI=1S/C4H6N4O4S/c5-13(11,12)2-3-1-6-7-4(3)8(9)10/h1H,2H2,(H,6,7)(H2,5,11,12). The topological polar surface area (TPSA) is 132 Å². The number of primary sulfonamides is 1. The number of nitrogens with one attached hydrogen (secondary N) is 1. The number of hydrogen-bond acceptors (Lipinski definition) is 5. The van der Waals surface area contributed by atoms with Gasteiger partial charge in [0, 0.05) is 0 Å². The summed E-state index contributed by atoms with van der Waals surface area (Å²) < 4.78 is 21.2. The average molecular weight is 206 g/mol. The van der Waals surface area contributed by atoms with E-state index in [1.807, 2.05) is 0 Å². The third-order valence-corrected chi connectivity index (χ3v) is 1.95. The Morgan fingerprint density at radius 2 is 2.31 bits per heavy atom. The van der Waals surface area contributed by atoms with Crippen LogP contribution in [0.5, 0.6) is 0 Å². The molecule has 13 heavy (non-hydrogen) atoms. The molecule has 0 aromatic carbocycles. The average Bonchev–Trinajstić information content (AvgIpc) is 2.31. The van der Waals surface area contributed by atoms with Crippen LogP contribution in [0.25, 0.3) is 0 Å². The summed E-state index contributed by atoms with van der Waals surface area (Å²) in [6.45, 7) is 0. The van der Waals surface area contributed by atoms with E-state index >= 15 is 0 Å². The molecule has 8 nitrogen and oxygen atoms in total. The van der Waals surface area contributed by atoms with Crippen LogP contribution in [0.1, 0.15) is 5.56 Å². The molecular weight excluding hydrogens is 200 g/mol. The molecule has 1 aromatic rings. The zero-order chi connectivity index (χ0) is 10.1. The van der Waals surface area contributed by atoms with Gasteiger partial charge in [-0.15, -0.1) is 5.10 Å². The molecule has 72 valence electrons. The maximum atomic E-state index is 10.6. The summed E-state index contributed by atoms with van der Waals surface area (Å²) in [7, 11) is -3.77. The number of sulfonamides is 1. The molecule has 0 unspecified atom stereocenters. The van der Waals surface area contributed by atoms with Gasteiger partial charge in [0.2, 0.25) is 10.0 Å². The van der Waals surface area contributed by atoms with Crippen molar-refractivity contribution in [3.8, 4) is 0 Å². The number of nitro groups is 1. The molecule has 0 atom stereocenters. The Bertz CT molecular complexity index is 421. The van der Waals surface area contributed by atoms with E-state index in [4.69, 9.17) is 5.14 Å². The molecule has 1 heterocycles. The van der Waals surface area contributed by atoms with Gasteiger partial charge >= 0.3 is 5.82 Å². The van der Waals surface area contributed by atoms with Gasteiger partial charge in [0.05, 0.1) is 17.5 Å². The van der Waals surface area contributed by atoms with Gasteiger partial charge in [-0.25, -0.2) is 13.6 Å². The number of nitrogens with zero attached hydrogens (tertiary/aromatic N) is 2. The summed E-state index contributed by atoms with van der Waals surface area (Å²) in [4.78, 5) is 9.51. The number of nitrogens with two attached hydrogens (primary N) is 1. The lowest BCUT2D eigenvalue weighted by atomic mass is 10.4. The first-order chi connectivity index (χ1) is 5.90. The predicted molar refractivity (Wildman–Crippen MR) is 42.1 cm³/mol. The van der Waals surface area contributed by atoms with Gasteiger partial charge in [-0.2, -0.15) is 0 Å². The van der Waals surface area contributed by atoms with Crippen LogP contribution in [0.2, 0.25) is 0 Å². The third kappa shape index (κ3) is 2.49. The number of rotatable bonds is 3. The second kappa shape index (κ2) is 3.11. The first kappa shape index (κ1) is 9.61. The molecule has 0 aliphatic carbocycles. The molecule has 0 bridgehead atoms. The highest BCUT2D eigenvalue weighted by molar-refractivity contribution is 7.88. The summed E-state index contributed by atoms with van der Waals surface area (Å²) in [5.41, 5.74) is -0.0486. The van der Waals surface area contributed by atoms with Gasteiger partial charge in [0.15, 0.2) is 0 Å². The van der Waals surface area contributed by atoms with Gasteiger partial charge in [-0.3, -0.25) is 0 Å². The smallest absolute Gasteiger partial charge is 0.346 e. The van der Waals surface area contributed by atoms with Crippen molar-refractivity contribution in [2.75, 3.05) is 0 Å². The summed E-state index contributed by atoms with van der Waals surface area (Å²) in [5.74, 6) is -1.05. The SMILES string of the molecule is NS(=O)(=O)Cc1cn[nH]c1[N+](=O)[O-]. The van der Waals surface area contributed by atoms with Crippen molar-refractivity contribution in [3.05, 3.63) is 21.9 Å². The predicted octanol–water partition coefficient (Wildman–Crippen LogP) is -0.894. The molecule has 9 heteroatoms. The Kier molecular flexibility index (Phi) is 2.30. The fourth-order valence-electron chi connectivity index (χ4n) is 0.785. The second-order valence-electron chi connectivity index (χ2n) is 2.31. The lowest BCUT2D eigenvalue weighted by Crippen LogP contribution is -2.14. The zero-order valence-electron chi connectivity index (χ0n) is 6.30. The number of aromatic amines is 1. The van der Waals surface area contributed by atoms with Gasteiger partial charge in [-0.05, 0) is 4.92 Å². The summed E-state index contributed by atoms with van der Waals surface area (Å²) >= 11 is 0. The van der Waals surface area contributed by atoms with Crippen molar-refractivity contribution >= 4 is 15.8 Å². The highest BCUT2D eigenvalue weighted by atomic mass is 32.2. The fraction of sp³-hybridized carbons (Fsp3) is 0.250. The van der Waals surface area contributed by atoms with E-state index in [0.29, 0.717) is 0 Å². The molecule has 0 radical (unpaired) electrons. The van der Waals surface area contributed by atoms with Crippen LogP contribution in [0.3, 0.4) is 0 Å². The molecule has 0 fully saturated rings. The van der Waals surface area contributed by atoms with Gasteiger partial charge < -0.3 is 10.1 Å². The van der Waals surface area contributed by atoms with Crippen molar-refractivity contribution in [1.82, 2.24) is 10.2 Å². The van der Waals surface area contributed by atoms with Crippen LogP contribution in [-0.4, -0.2) is 23.5 Å². The maximum Gasteiger partial charge on any atom is 0.346 e. The van der Waals surface area contributed by atoms with E-state index in [2.05, 4.69) is 10.2 Å². The molecule has 1 aromatic heterocycles. The summed E-state index contributed by atoms with van der Waals surface area (Å²) in [5, 5.41) is 20.4. The lowest BCUT2D eigenvalue weighted by Gasteiger charge is -1.94. The highest BCUT2D eigenvalue weighted by Crippen LogP contribution is 2.15. The van der Waals surface area contributed by atoms with Crippen molar-refractivity contribution in [2.45, 2.75) is 5.75 Å². The normalized spacial score (nSPS) is 11.5. The van der Waals surface area contributed by atoms with Crippen LogP contribution in [-0.2, 0) is 15.8 Å². The highest BCUT2D eigenvalue weighted by Gasteiger charge is 2.18. The van der Waals surface area contributed by atoms with E-state index in [1.165, 1.54) is 0 Å². The van der Waals surface area contributed by atoms with Crippen LogP contribution < -0.4 is 5.14 Å². The molecular formula is C4H6N4O4S. The fourth-order valence-corrected chi connectivity index (χ4v) is 1.43. The Balaban J connectivity index is 3.02. The molecule has 0 amide bonds. The lowest BCUT2D eigenvalue weighted by molar-refractivity contribution is -0.390. The Morgan fingerprint density at radius 3 is 2.77 bits per heavy atom. The van der Waals surface area contributed by atoms with Gasteiger partial charge in [0.25, 0.3) is 0 Å². The van der Waals surface area contributed by atoms with Crippen molar-refractivity contribution in [2.24, 2.45) is 5.14 Å². The van der Waals surface area contributed by atoms with Gasteiger partial charge in [-0.1, -0.05) is 5.10 Å². The van der Waals surface area contributed by atoms with E-state index < -0.39 is 26.5 Å². The quantitative estimate of drug-likeness (QED) is 0.488. The Labute approximate surface area is 72.9 Å². The number of hydrogen-bond donors (Lipinski definition) is 2. The van der Waals surface area contributed by atoms with Crippen molar-refractivity contribution in [1.29, 1.82) is 0 Å². The molecule has 0 aliphatic rings. The van der Waals surface area contributed by atoms with Crippen molar-refractivity contribution < 1.29 is 13.3 Å². The Hall–Kier alpha value is -1.48. The van der Waals surface area contributed by atoms with Crippen LogP contribution in [0, 0.1) is 10.1 Å². The van der Waals surface area contributed by atoms with E-state index in [1.54, 1.807) is 0 Å². The summed E-state index contributed by atoms with van der Waals surface area (Å²) in [6, 6.07) is 0. The number of aromatic nitrogens is 2. The first-order valence-corrected chi connectivity index (χ1v) is 4.79. The van der Waals surface area contributed by atoms with Crippen LogP contribution in [0.15, 0.2) is 6.20 Å². The Morgan fingerprint density at radius 1 is 1.69 bits per heavy atom. The molecule has 0 spiro atoms. The van der Waals surface area contributed by atoms with Crippen LogP contribution in [0.4, 0.5) is 5.82 Å². The minimum atomic E-state index is -3.77.